The van der Waals surface area contributed by atoms with Gasteiger partial charge in [-0.3, -0.25) is 0 Å². The Morgan fingerprint density at radius 2 is 2.00 bits per heavy atom. The molecule has 2 nitrogen and oxygen atoms in total. The molecule has 19 heavy (non-hydrogen) atoms. The molecule has 1 heterocycles. The molecule has 0 atom stereocenters. The molecule has 0 aromatic heterocycles. The zero-order valence-corrected chi connectivity index (χ0v) is 12.5. The minimum Gasteiger partial charge on any atom is -0.363 e. The van der Waals surface area contributed by atoms with Gasteiger partial charge in [-0.1, -0.05) is 6.08 Å². The van der Waals surface area contributed by atoms with Crippen LogP contribution in [0.15, 0.2) is 18.2 Å². The SMILES string of the molecule is CCN1c2cc(F)c(CNC)cc2C(C)=CC1(C)C. The van der Waals surface area contributed by atoms with E-state index in [-0.39, 0.29) is 11.4 Å². The quantitative estimate of drug-likeness (QED) is 0.896. The first kappa shape index (κ1) is 14.1. The maximum absolute atomic E-state index is 14.2. The highest BCUT2D eigenvalue weighted by molar-refractivity contribution is 5.81. The second-order valence-corrected chi connectivity index (χ2v) is 5.72. The minimum absolute atomic E-state index is 0.0667. The van der Waals surface area contributed by atoms with Crippen molar-refractivity contribution in [3.8, 4) is 0 Å². The lowest BCUT2D eigenvalue weighted by molar-refractivity contribution is 0.558. The van der Waals surface area contributed by atoms with Crippen molar-refractivity contribution >= 4 is 11.3 Å². The van der Waals surface area contributed by atoms with Crippen molar-refractivity contribution in [2.75, 3.05) is 18.5 Å². The van der Waals surface area contributed by atoms with Gasteiger partial charge in [0.15, 0.2) is 0 Å². The molecule has 1 aliphatic rings. The second kappa shape index (κ2) is 4.97. The highest BCUT2D eigenvalue weighted by Crippen LogP contribution is 2.39. The largest absolute Gasteiger partial charge is 0.363 e. The Morgan fingerprint density at radius 3 is 2.58 bits per heavy atom. The number of likely N-dealkylation sites (N-methyl/N-ethyl adjacent to an activating group) is 1. The molecular weight excluding hydrogens is 239 g/mol. The van der Waals surface area contributed by atoms with Crippen LogP contribution >= 0.6 is 0 Å². The lowest BCUT2D eigenvalue weighted by atomic mass is 9.88. The third-order valence-corrected chi connectivity index (χ3v) is 3.83. The summed E-state index contributed by atoms with van der Waals surface area (Å²) < 4.78 is 14.2. The molecule has 1 N–H and O–H groups in total. The van der Waals surface area contributed by atoms with Gasteiger partial charge < -0.3 is 10.2 Å². The maximum atomic E-state index is 14.2. The van der Waals surface area contributed by atoms with E-state index in [1.54, 1.807) is 6.07 Å². The fourth-order valence-corrected chi connectivity index (χ4v) is 3.05. The molecule has 3 heteroatoms. The Kier molecular flexibility index (Phi) is 3.68. The van der Waals surface area contributed by atoms with Crippen LogP contribution < -0.4 is 10.2 Å². The van der Waals surface area contributed by atoms with Crippen molar-refractivity contribution in [3.63, 3.8) is 0 Å². The molecular formula is C16H23FN2. The monoisotopic (exact) mass is 262 g/mol. The molecule has 0 radical (unpaired) electrons. The number of rotatable bonds is 3. The van der Waals surface area contributed by atoms with Crippen molar-refractivity contribution in [3.05, 3.63) is 35.2 Å². The van der Waals surface area contributed by atoms with Crippen LogP contribution in [-0.4, -0.2) is 19.1 Å². The van der Waals surface area contributed by atoms with Gasteiger partial charge in [-0.15, -0.1) is 0 Å². The van der Waals surface area contributed by atoms with Crippen molar-refractivity contribution in [2.45, 2.75) is 39.8 Å². The molecule has 0 unspecified atom stereocenters. The number of fused-ring (bicyclic) bond motifs is 1. The number of allylic oxidation sites excluding steroid dienone is 1. The van der Waals surface area contributed by atoms with E-state index in [4.69, 9.17) is 0 Å². The Labute approximate surface area is 115 Å². The van der Waals surface area contributed by atoms with Gasteiger partial charge >= 0.3 is 0 Å². The van der Waals surface area contributed by atoms with Crippen LogP contribution in [0.4, 0.5) is 10.1 Å². The fraction of sp³-hybridized carbons (Fsp3) is 0.500. The minimum atomic E-state index is -0.128. The highest BCUT2D eigenvalue weighted by Gasteiger charge is 2.30. The summed E-state index contributed by atoms with van der Waals surface area (Å²) in [6.45, 7) is 9.98. The standard InChI is InChI=1S/C16H23FN2/c1-6-19-15-8-14(17)12(10-18-5)7-13(15)11(2)9-16(19,3)4/h7-9,18H,6,10H2,1-5H3. The topological polar surface area (TPSA) is 15.3 Å². The van der Waals surface area contributed by atoms with E-state index in [0.29, 0.717) is 6.54 Å². The molecule has 0 amide bonds. The molecule has 0 spiro atoms. The molecule has 0 aliphatic carbocycles. The van der Waals surface area contributed by atoms with Gasteiger partial charge in [0.05, 0.1) is 5.54 Å². The summed E-state index contributed by atoms with van der Waals surface area (Å²) in [4.78, 5) is 2.25. The summed E-state index contributed by atoms with van der Waals surface area (Å²) in [5.41, 5.74) is 4.03. The number of benzene rings is 1. The predicted octanol–water partition coefficient (Wildman–Crippen LogP) is 3.57. The van der Waals surface area contributed by atoms with E-state index >= 15 is 0 Å². The molecule has 0 saturated carbocycles. The summed E-state index contributed by atoms with van der Waals surface area (Å²) in [7, 11) is 1.84. The maximum Gasteiger partial charge on any atom is 0.129 e. The third kappa shape index (κ3) is 2.39. The number of hydrogen-bond acceptors (Lipinski definition) is 2. The zero-order valence-electron chi connectivity index (χ0n) is 12.5. The van der Waals surface area contributed by atoms with E-state index in [2.05, 4.69) is 44.0 Å². The molecule has 1 aromatic rings. The highest BCUT2D eigenvalue weighted by atomic mass is 19.1. The van der Waals surface area contributed by atoms with Crippen molar-refractivity contribution in [1.29, 1.82) is 0 Å². The van der Waals surface area contributed by atoms with E-state index in [0.717, 1.165) is 23.4 Å². The Bertz CT molecular complexity index is 518. The van der Waals surface area contributed by atoms with Crippen LogP contribution in [0.2, 0.25) is 0 Å². The zero-order chi connectivity index (χ0) is 14.2. The van der Waals surface area contributed by atoms with Gasteiger partial charge in [-0.2, -0.15) is 0 Å². The second-order valence-electron chi connectivity index (χ2n) is 5.72. The van der Waals surface area contributed by atoms with Crippen LogP contribution in [0.1, 0.15) is 38.8 Å². The number of nitrogens with one attached hydrogen (secondary N) is 1. The molecule has 1 aromatic carbocycles. The number of nitrogens with zero attached hydrogens (tertiary/aromatic N) is 1. The Morgan fingerprint density at radius 1 is 1.32 bits per heavy atom. The van der Waals surface area contributed by atoms with Gasteiger partial charge in [0, 0.05) is 29.9 Å². The Hall–Kier alpha value is -1.35. The predicted molar refractivity (Wildman–Crippen MR) is 79.9 cm³/mol. The van der Waals surface area contributed by atoms with Gasteiger partial charge in [0.25, 0.3) is 0 Å². The van der Waals surface area contributed by atoms with Crippen LogP contribution in [0, 0.1) is 5.82 Å². The third-order valence-electron chi connectivity index (χ3n) is 3.83. The van der Waals surface area contributed by atoms with Crippen LogP contribution in [0.5, 0.6) is 0 Å². The summed E-state index contributed by atoms with van der Waals surface area (Å²) in [6, 6.07) is 3.66. The fourth-order valence-electron chi connectivity index (χ4n) is 3.05. The average Bonchev–Trinajstić information content (AvgIpc) is 2.31. The Balaban J connectivity index is 2.60. The smallest absolute Gasteiger partial charge is 0.129 e. The van der Waals surface area contributed by atoms with Crippen LogP contribution in [-0.2, 0) is 6.54 Å². The molecule has 104 valence electrons. The van der Waals surface area contributed by atoms with Crippen LogP contribution in [0.25, 0.3) is 5.57 Å². The average molecular weight is 262 g/mol. The first-order valence-corrected chi connectivity index (χ1v) is 6.85. The van der Waals surface area contributed by atoms with Crippen molar-refractivity contribution in [1.82, 2.24) is 5.32 Å². The molecule has 0 bridgehead atoms. The van der Waals surface area contributed by atoms with E-state index in [1.165, 1.54) is 5.57 Å². The summed E-state index contributed by atoms with van der Waals surface area (Å²) in [6.07, 6.45) is 2.26. The number of halogens is 1. The molecule has 1 aliphatic heterocycles. The normalized spacial score (nSPS) is 17.2. The first-order chi connectivity index (χ1) is 8.90. The van der Waals surface area contributed by atoms with Crippen molar-refractivity contribution in [2.24, 2.45) is 0 Å². The van der Waals surface area contributed by atoms with E-state index < -0.39 is 0 Å². The number of anilines is 1. The summed E-state index contributed by atoms with van der Waals surface area (Å²) in [5.74, 6) is -0.128. The van der Waals surface area contributed by atoms with Crippen molar-refractivity contribution < 1.29 is 4.39 Å². The lowest BCUT2D eigenvalue weighted by Crippen LogP contribution is -2.45. The van der Waals surface area contributed by atoms with E-state index in [1.807, 2.05) is 13.1 Å². The molecule has 0 saturated heterocycles. The first-order valence-electron chi connectivity index (χ1n) is 6.85. The van der Waals surface area contributed by atoms with Crippen LogP contribution in [0.3, 0.4) is 0 Å². The molecule has 0 fully saturated rings. The lowest BCUT2D eigenvalue weighted by Gasteiger charge is -2.43. The van der Waals surface area contributed by atoms with Gasteiger partial charge in [-0.25, -0.2) is 4.39 Å². The molecule has 2 rings (SSSR count). The number of hydrogen-bond donors (Lipinski definition) is 1. The summed E-state index contributed by atoms with van der Waals surface area (Å²) >= 11 is 0. The van der Waals surface area contributed by atoms with Gasteiger partial charge in [0.2, 0.25) is 0 Å². The van der Waals surface area contributed by atoms with E-state index in [9.17, 15) is 4.39 Å². The van der Waals surface area contributed by atoms with Gasteiger partial charge in [-0.05, 0) is 52.4 Å². The summed E-state index contributed by atoms with van der Waals surface area (Å²) in [5, 5.41) is 3.01. The van der Waals surface area contributed by atoms with Gasteiger partial charge in [0.1, 0.15) is 5.82 Å².